The van der Waals surface area contributed by atoms with Gasteiger partial charge in [-0.2, -0.15) is 0 Å². The topological polar surface area (TPSA) is 156 Å². The van der Waals surface area contributed by atoms with Crippen LogP contribution < -0.4 is 0 Å². The molecule has 3 saturated heterocycles. The van der Waals surface area contributed by atoms with E-state index in [1.165, 1.54) is 41.5 Å². The monoisotopic (exact) mass is 518 g/mol. The van der Waals surface area contributed by atoms with E-state index < -0.39 is 94.2 Å². The van der Waals surface area contributed by atoms with Crippen molar-refractivity contribution in [3.8, 4) is 0 Å². The summed E-state index contributed by atoms with van der Waals surface area (Å²) in [4.78, 5) is 90.6. The predicted octanol–water partition coefficient (Wildman–Crippen LogP) is 1.04. The zero-order valence-corrected chi connectivity index (χ0v) is 21.7. The van der Waals surface area contributed by atoms with Crippen LogP contribution in [0.5, 0.6) is 0 Å². The third-order valence-corrected chi connectivity index (χ3v) is 8.20. The van der Waals surface area contributed by atoms with Gasteiger partial charge in [0.1, 0.15) is 23.9 Å². The molecule has 0 aromatic rings. The van der Waals surface area contributed by atoms with E-state index in [-0.39, 0.29) is 17.6 Å². The minimum absolute atomic E-state index is 0.00866. The number of hydrogen-bond acceptors (Lipinski definition) is 11. The summed E-state index contributed by atoms with van der Waals surface area (Å²) in [6.07, 6.45) is -4.32. The Morgan fingerprint density at radius 3 is 1.30 bits per heavy atom. The van der Waals surface area contributed by atoms with Crippen LogP contribution in [0, 0.1) is 28.6 Å². The summed E-state index contributed by atoms with van der Waals surface area (Å²) in [5.74, 6) is -9.32. The first-order valence-electron chi connectivity index (χ1n) is 12.2. The van der Waals surface area contributed by atoms with Gasteiger partial charge in [-0.05, 0) is 39.7 Å². The summed E-state index contributed by atoms with van der Waals surface area (Å²) in [6.45, 7) is 10.3. The molecule has 7 unspecified atom stereocenters. The summed E-state index contributed by atoms with van der Waals surface area (Å²) in [5, 5.41) is 0. The average molecular weight is 519 g/mol. The summed E-state index contributed by atoms with van der Waals surface area (Å²) in [7, 11) is 0. The maximum Gasteiger partial charge on any atom is 0.335 e. The number of carbonyl (C=O) groups is 7. The first-order chi connectivity index (χ1) is 17.0. The molecule has 0 radical (unpaired) electrons. The molecule has 0 aliphatic carbocycles. The van der Waals surface area contributed by atoms with Gasteiger partial charge < -0.3 is 18.9 Å². The number of hydrogen-bond donors (Lipinski definition) is 0. The van der Waals surface area contributed by atoms with Crippen LogP contribution in [0.2, 0.25) is 0 Å². The molecule has 0 amide bonds. The van der Waals surface area contributed by atoms with Gasteiger partial charge in [0.2, 0.25) is 0 Å². The lowest BCUT2D eigenvalue weighted by atomic mass is 9.60. The molecule has 37 heavy (non-hydrogen) atoms. The molecule has 0 saturated carbocycles. The van der Waals surface area contributed by atoms with Gasteiger partial charge in [0.15, 0.2) is 35.7 Å². The third kappa shape index (κ3) is 3.81. The van der Waals surface area contributed by atoms with Gasteiger partial charge in [-0.1, -0.05) is 20.8 Å². The number of Topliss-reactive ketones (excluding diaryl/α,β-unsaturated/α-hetero) is 3. The number of ether oxygens (including phenoxy) is 4. The SMILES string of the molecule is CC1OC(=O)C(C(C)(C)C2=C(CC(C)(C3C(=O)OC(C)C3=O)C3C(=O)OC(C)C3=O)C(C)OC2=O)C1=O. The third-order valence-electron chi connectivity index (χ3n) is 8.20. The van der Waals surface area contributed by atoms with Crippen molar-refractivity contribution in [2.75, 3.05) is 0 Å². The van der Waals surface area contributed by atoms with Gasteiger partial charge in [0.05, 0.1) is 0 Å². The zero-order chi connectivity index (χ0) is 27.8. The smallest absolute Gasteiger partial charge is 0.335 e. The molecule has 4 heterocycles. The lowest BCUT2D eigenvalue weighted by Crippen LogP contribution is -2.47. The highest BCUT2D eigenvalue weighted by atomic mass is 16.6. The van der Waals surface area contributed by atoms with Gasteiger partial charge in [0, 0.05) is 16.4 Å². The van der Waals surface area contributed by atoms with Gasteiger partial charge in [-0.25, -0.2) is 4.79 Å². The minimum Gasteiger partial charge on any atom is -0.455 e. The maximum atomic E-state index is 13.1. The first-order valence-corrected chi connectivity index (χ1v) is 12.2. The van der Waals surface area contributed by atoms with Crippen molar-refractivity contribution < 1.29 is 52.5 Å². The van der Waals surface area contributed by atoms with E-state index >= 15 is 0 Å². The van der Waals surface area contributed by atoms with Crippen molar-refractivity contribution >= 4 is 41.2 Å². The van der Waals surface area contributed by atoms with Crippen molar-refractivity contribution in [3.05, 3.63) is 11.1 Å². The van der Waals surface area contributed by atoms with E-state index in [0.717, 1.165) is 0 Å². The minimum atomic E-state index is -1.68. The van der Waals surface area contributed by atoms with Crippen molar-refractivity contribution in [2.45, 2.75) is 79.3 Å². The lowest BCUT2D eigenvalue weighted by molar-refractivity contribution is -0.154. The largest absolute Gasteiger partial charge is 0.455 e. The van der Waals surface area contributed by atoms with E-state index in [1.54, 1.807) is 6.92 Å². The van der Waals surface area contributed by atoms with Gasteiger partial charge in [0.25, 0.3) is 0 Å². The summed E-state index contributed by atoms with van der Waals surface area (Å²) in [6, 6.07) is 0. The van der Waals surface area contributed by atoms with E-state index in [2.05, 4.69) is 0 Å². The fourth-order valence-electron chi connectivity index (χ4n) is 6.25. The normalized spacial score (nSPS) is 36.1. The molecule has 200 valence electrons. The van der Waals surface area contributed by atoms with Crippen LogP contribution in [0.4, 0.5) is 0 Å². The van der Waals surface area contributed by atoms with E-state index in [4.69, 9.17) is 18.9 Å². The van der Waals surface area contributed by atoms with Crippen molar-refractivity contribution in [2.24, 2.45) is 28.6 Å². The summed E-state index contributed by atoms with van der Waals surface area (Å²) in [5.41, 5.74) is -2.78. The number of esters is 4. The summed E-state index contributed by atoms with van der Waals surface area (Å²) >= 11 is 0. The highest BCUT2D eigenvalue weighted by Gasteiger charge is 2.63. The number of carbonyl (C=O) groups excluding carboxylic acids is 7. The molecule has 0 bridgehead atoms. The Bertz CT molecular complexity index is 1130. The fraction of sp³-hybridized carbons (Fsp3) is 0.654. The molecule has 0 aromatic carbocycles. The number of rotatable bonds is 6. The molecule has 11 heteroatoms. The Balaban J connectivity index is 1.89. The van der Waals surface area contributed by atoms with E-state index in [9.17, 15) is 33.6 Å². The van der Waals surface area contributed by atoms with Crippen LogP contribution in [0.1, 0.15) is 54.9 Å². The first kappa shape index (κ1) is 26.7. The fourth-order valence-corrected chi connectivity index (χ4v) is 6.25. The Kier molecular flexibility index (Phi) is 6.20. The Morgan fingerprint density at radius 2 is 0.946 bits per heavy atom. The van der Waals surface area contributed by atoms with Crippen molar-refractivity contribution in [1.82, 2.24) is 0 Å². The predicted molar refractivity (Wildman–Crippen MR) is 121 cm³/mol. The van der Waals surface area contributed by atoms with Gasteiger partial charge >= 0.3 is 23.9 Å². The Labute approximate surface area is 213 Å². The van der Waals surface area contributed by atoms with Crippen LogP contribution in [0.15, 0.2) is 11.1 Å². The van der Waals surface area contributed by atoms with E-state index in [1.807, 2.05) is 0 Å². The molecular weight excluding hydrogens is 488 g/mol. The second-order valence-corrected chi connectivity index (χ2v) is 11.1. The molecule has 11 nitrogen and oxygen atoms in total. The van der Waals surface area contributed by atoms with Crippen molar-refractivity contribution in [3.63, 3.8) is 0 Å². The quantitative estimate of drug-likeness (QED) is 0.281. The molecule has 0 spiro atoms. The van der Waals surface area contributed by atoms with Gasteiger partial charge in [-0.3, -0.25) is 28.8 Å². The number of cyclic esters (lactones) is 4. The molecule has 4 aliphatic heterocycles. The second kappa shape index (κ2) is 8.59. The van der Waals surface area contributed by atoms with Crippen LogP contribution >= 0.6 is 0 Å². The molecule has 7 atom stereocenters. The molecule has 0 N–H and O–H groups in total. The zero-order valence-electron chi connectivity index (χ0n) is 21.7. The molecular formula is C26H30O11. The van der Waals surface area contributed by atoms with E-state index in [0.29, 0.717) is 0 Å². The Hall–Kier alpha value is -3.37. The van der Waals surface area contributed by atoms with Gasteiger partial charge in [-0.15, -0.1) is 0 Å². The van der Waals surface area contributed by atoms with Crippen molar-refractivity contribution in [1.29, 1.82) is 0 Å². The van der Waals surface area contributed by atoms with Crippen LogP contribution in [-0.2, 0) is 52.5 Å². The molecule has 4 rings (SSSR count). The molecule has 3 fully saturated rings. The van der Waals surface area contributed by atoms with Crippen LogP contribution in [-0.4, -0.2) is 65.6 Å². The average Bonchev–Trinajstić information content (AvgIpc) is 3.39. The second-order valence-electron chi connectivity index (χ2n) is 11.1. The molecule has 0 aromatic heterocycles. The number of ketones is 3. The standard InChI is InChI=1S/C26H30O11/c1-9-13(14(21(30)34-9)25(5,6)15-18(27)10(2)35-22(15)31)8-26(7,16-19(28)11(3)36-23(16)32)17-20(29)12(4)37-24(17)33/h9-12,15-17H,8H2,1-7H3. The lowest BCUT2D eigenvalue weighted by Gasteiger charge is -2.37. The van der Waals surface area contributed by atoms with Crippen LogP contribution in [0.3, 0.4) is 0 Å². The Morgan fingerprint density at radius 1 is 0.568 bits per heavy atom. The molecule has 4 aliphatic rings. The highest BCUT2D eigenvalue weighted by Crippen LogP contribution is 2.53. The summed E-state index contributed by atoms with van der Waals surface area (Å²) < 4.78 is 20.9. The highest BCUT2D eigenvalue weighted by molar-refractivity contribution is 6.12. The van der Waals surface area contributed by atoms with Crippen LogP contribution in [0.25, 0.3) is 0 Å². The maximum absolute atomic E-state index is 13.1.